The van der Waals surface area contributed by atoms with Crippen LogP contribution in [0.2, 0.25) is 0 Å². The zero-order chi connectivity index (χ0) is 11.1. The number of nitrogens with one attached hydrogen (secondary N) is 1. The van der Waals surface area contributed by atoms with E-state index in [1.165, 1.54) is 39.2 Å². The fourth-order valence-corrected chi connectivity index (χ4v) is 2.30. The monoisotopic (exact) mass is 213 g/mol. The highest BCUT2D eigenvalue weighted by atomic mass is 16.5. The number of hydrogen-bond acceptors (Lipinski definition) is 3. The summed E-state index contributed by atoms with van der Waals surface area (Å²) in [4.78, 5) is 10.9. The van der Waals surface area contributed by atoms with Crippen molar-refractivity contribution in [1.29, 1.82) is 0 Å². The van der Waals surface area contributed by atoms with E-state index in [1.807, 2.05) is 0 Å². The van der Waals surface area contributed by atoms with Gasteiger partial charge in [0, 0.05) is 12.6 Å². The summed E-state index contributed by atoms with van der Waals surface area (Å²) >= 11 is 0. The number of ether oxygens (including phenoxy) is 1. The van der Waals surface area contributed by atoms with Crippen LogP contribution in [0, 0.1) is 5.92 Å². The van der Waals surface area contributed by atoms with E-state index in [-0.39, 0.29) is 5.97 Å². The minimum Gasteiger partial charge on any atom is -0.469 e. The molecule has 0 bridgehead atoms. The molecule has 1 aliphatic carbocycles. The van der Waals surface area contributed by atoms with Crippen LogP contribution < -0.4 is 5.32 Å². The Morgan fingerprint density at radius 1 is 1.40 bits per heavy atom. The summed E-state index contributed by atoms with van der Waals surface area (Å²) < 4.78 is 4.60. The lowest BCUT2D eigenvalue weighted by atomic mass is 9.84. The minimum absolute atomic E-state index is 0.127. The summed E-state index contributed by atoms with van der Waals surface area (Å²) in [5, 5.41) is 3.42. The van der Waals surface area contributed by atoms with E-state index in [4.69, 9.17) is 0 Å². The van der Waals surface area contributed by atoms with Crippen LogP contribution in [0.25, 0.3) is 0 Å². The van der Waals surface area contributed by atoms with E-state index >= 15 is 0 Å². The molecule has 1 atom stereocenters. The van der Waals surface area contributed by atoms with Gasteiger partial charge in [0.2, 0.25) is 0 Å². The summed E-state index contributed by atoms with van der Waals surface area (Å²) in [6.07, 6.45) is 7.29. The Morgan fingerprint density at radius 2 is 2.07 bits per heavy atom. The molecule has 0 aromatic carbocycles. The van der Waals surface area contributed by atoms with Gasteiger partial charge in [0.1, 0.15) is 0 Å². The zero-order valence-electron chi connectivity index (χ0n) is 9.92. The van der Waals surface area contributed by atoms with Gasteiger partial charge in [-0.2, -0.15) is 0 Å². The maximum atomic E-state index is 10.9. The predicted molar refractivity (Wildman–Crippen MR) is 60.7 cm³/mol. The van der Waals surface area contributed by atoms with E-state index in [0.29, 0.717) is 12.5 Å². The molecule has 3 heteroatoms. The van der Waals surface area contributed by atoms with Gasteiger partial charge in [-0.25, -0.2) is 0 Å². The lowest BCUT2D eigenvalue weighted by Crippen LogP contribution is -2.36. The Morgan fingerprint density at radius 3 is 2.67 bits per heavy atom. The van der Waals surface area contributed by atoms with Crippen molar-refractivity contribution in [2.45, 2.75) is 51.5 Å². The third-order valence-electron chi connectivity index (χ3n) is 3.38. The minimum atomic E-state index is -0.127. The number of methoxy groups -OCH3 is 1. The van der Waals surface area contributed by atoms with Crippen LogP contribution in [0.15, 0.2) is 0 Å². The Kier molecular flexibility index (Phi) is 5.69. The van der Waals surface area contributed by atoms with Crippen LogP contribution in [0.4, 0.5) is 0 Å². The summed E-state index contributed by atoms with van der Waals surface area (Å²) in [7, 11) is 1.44. The molecule has 1 N–H and O–H groups in total. The average Bonchev–Trinajstić information content (AvgIpc) is 2.29. The molecule has 0 heterocycles. The number of carbonyl (C=O) groups is 1. The molecule has 0 unspecified atom stereocenters. The first-order valence-corrected chi connectivity index (χ1v) is 6.04. The Balaban J connectivity index is 2.11. The third kappa shape index (κ3) is 4.65. The van der Waals surface area contributed by atoms with Gasteiger partial charge in [0.15, 0.2) is 0 Å². The summed E-state index contributed by atoms with van der Waals surface area (Å²) in [6, 6.07) is 0.537. The first-order valence-electron chi connectivity index (χ1n) is 6.04. The van der Waals surface area contributed by atoms with Crippen molar-refractivity contribution in [3.05, 3.63) is 0 Å². The quantitative estimate of drug-likeness (QED) is 0.711. The molecule has 0 radical (unpaired) electrons. The van der Waals surface area contributed by atoms with E-state index in [2.05, 4.69) is 17.0 Å². The molecule has 1 fully saturated rings. The Labute approximate surface area is 92.6 Å². The van der Waals surface area contributed by atoms with E-state index < -0.39 is 0 Å². The average molecular weight is 213 g/mol. The third-order valence-corrected chi connectivity index (χ3v) is 3.38. The van der Waals surface area contributed by atoms with E-state index in [9.17, 15) is 4.79 Å². The van der Waals surface area contributed by atoms with Gasteiger partial charge >= 0.3 is 5.97 Å². The molecule has 1 aliphatic rings. The molecule has 0 aliphatic heterocycles. The number of hydrogen-bond donors (Lipinski definition) is 1. The SMILES string of the molecule is COC(=O)CCN[C@H](C)C1CCCCC1. The number of carbonyl (C=O) groups excluding carboxylic acids is 1. The first kappa shape index (κ1) is 12.5. The van der Waals surface area contributed by atoms with Crippen molar-refractivity contribution in [3.8, 4) is 0 Å². The van der Waals surface area contributed by atoms with E-state index in [1.54, 1.807) is 0 Å². The molecular weight excluding hydrogens is 190 g/mol. The van der Waals surface area contributed by atoms with Crippen molar-refractivity contribution in [2.24, 2.45) is 5.92 Å². The van der Waals surface area contributed by atoms with Crippen LogP contribution in [-0.2, 0) is 9.53 Å². The van der Waals surface area contributed by atoms with Gasteiger partial charge in [-0.1, -0.05) is 19.3 Å². The van der Waals surface area contributed by atoms with Gasteiger partial charge < -0.3 is 10.1 Å². The van der Waals surface area contributed by atoms with Gasteiger partial charge in [0.25, 0.3) is 0 Å². The highest BCUT2D eigenvalue weighted by Crippen LogP contribution is 2.26. The largest absolute Gasteiger partial charge is 0.469 e. The molecule has 88 valence electrons. The fourth-order valence-electron chi connectivity index (χ4n) is 2.30. The van der Waals surface area contributed by atoms with Crippen molar-refractivity contribution >= 4 is 5.97 Å². The molecule has 1 saturated carbocycles. The lowest BCUT2D eigenvalue weighted by Gasteiger charge is -2.28. The molecule has 0 amide bonds. The highest BCUT2D eigenvalue weighted by Gasteiger charge is 2.19. The fraction of sp³-hybridized carbons (Fsp3) is 0.917. The van der Waals surface area contributed by atoms with E-state index in [0.717, 1.165) is 12.5 Å². The summed E-state index contributed by atoms with van der Waals surface area (Å²) in [6.45, 7) is 2.97. The van der Waals surface area contributed by atoms with Crippen LogP contribution in [-0.4, -0.2) is 25.7 Å². The number of rotatable bonds is 5. The van der Waals surface area contributed by atoms with Crippen LogP contribution in [0.1, 0.15) is 45.4 Å². The topological polar surface area (TPSA) is 38.3 Å². The molecule has 0 spiro atoms. The summed E-state index contributed by atoms with van der Waals surface area (Å²) in [5.74, 6) is 0.676. The van der Waals surface area contributed by atoms with Gasteiger partial charge in [-0.3, -0.25) is 4.79 Å². The van der Waals surface area contributed by atoms with Crippen LogP contribution in [0.5, 0.6) is 0 Å². The molecular formula is C12H23NO2. The summed E-state index contributed by atoms with van der Waals surface area (Å²) in [5.41, 5.74) is 0. The van der Waals surface area contributed by atoms with Crippen molar-refractivity contribution in [1.82, 2.24) is 5.32 Å². The molecule has 0 aromatic heterocycles. The Hall–Kier alpha value is -0.570. The molecule has 15 heavy (non-hydrogen) atoms. The number of esters is 1. The molecule has 0 aromatic rings. The van der Waals surface area contributed by atoms with Gasteiger partial charge in [-0.15, -0.1) is 0 Å². The van der Waals surface area contributed by atoms with Crippen molar-refractivity contribution < 1.29 is 9.53 Å². The maximum Gasteiger partial charge on any atom is 0.306 e. The van der Waals surface area contributed by atoms with Crippen LogP contribution >= 0.6 is 0 Å². The first-order chi connectivity index (χ1) is 7.24. The van der Waals surface area contributed by atoms with Crippen molar-refractivity contribution in [3.63, 3.8) is 0 Å². The second kappa shape index (κ2) is 6.83. The standard InChI is InChI=1S/C12H23NO2/c1-10(11-6-4-3-5-7-11)13-9-8-12(14)15-2/h10-11,13H,3-9H2,1-2H3/t10-/m1/s1. The normalized spacial score (nSPS) is 19.9. The van der Waals surface area contributed by atoms with Gasteiger partial charge in [0.05, 0.1) is 13.5 Å². The Bertz CT molecular complexity index is 188. The van der Waals surface area contributed by atoms with Gasteiger partial charge in [-0.05, 0) is 25.7 Å². The zero-order valence-corrected chi connectivity index (χ0v) is 9.92. The molecule has 0 saturated heterocycles. The molecule has 1 rings (SSSR count). The van der Waals surface area contributed by atoms with Crippen LogP contribution in [0.3, 0.4) is 0 Å². The second-order valence-corrected chi connectivity index (χ2v) is 4.47. The molecule has 3 nitrogen and oxygen atoms in total. The highest BCUT2D eigenvalue weighted by molar-refractivity contribution is 5.69. The second-order valence-electron chi connectivity index (χ2n) is 4.47. The van der Waals surface area contributed by atoms with Crippen molar-refractivity contribution in [2.75, 3.05) is 13.7 Å². The maximum absolute atomic E-state index is 10.9. The predicted octanol–water partition coefficient (Wildman–Crippen LogP) is 2.11. The lowest BCUT2D eigenvalue weighted by molar-refractivity contribution is -0.140. The smallest absolute Gasteiger partial charge is 0.306 e.